The van der Waals surface area contributed by atoms with Gasteiger partial charge < -0.3 is 0 Å². The Kier molecular flexibility index (Phi) is 3.52. The molecule has 0 aliphatic heterocycles. The topological polar surface area (TPSA) is 43.4 Å². The molecule has 0 heterocycles. The first-order chi connectivity index (χ1) is 3.31. The van der Waals surface area contributed by atoms with Crippen molar-refractivity contribution in [3.8, 4) is 0 Å². The van der Waals surface area contributed by atoms with Gasteiger partial charge in [-0.3, -0.25) is 0 Å². The van der Waals surface area contributed by atoms with Gasteiger partial charge in [-0.1, -0.05) is 6.92 Å². The maximum Gasteiger partial charge on any atom is 0.545 e. The van der Waals surface area contributed by atoms with E-state index in [9.17, 15) is 9.36 Å². The molecule has 0 spiro atoms. The van der Waals surface area contributed by atoms with E-state index < -0.39 is 14.7 Å². The highest BCUT2D eigenvalue weighted by Gasteiger charge is 2.00. The molecule has 1 unspecified atom stereocenters. The Hall–Kier alpha value is -0.430. The summed E-state index contributed by atoms with van der Waals surface area (Å²) in [5.74, 6) is -0.423. The van der Waals surface area contributed by atoms with Gasteiger partial charge in [-0.2, -0.15) is 0 Å². The maximum absolute atomic E-state index is 10.00. The van der Waals surface area contributed by atoms with E-state index in [2.05, 4.69) is 4.52 Å². The molecule has 0 fully saturated rings. The fraction of sp³-hybridized carbons (Fsp3) is 0.667. The van der Waals surface area contributed by atoms with Crippen LogP contribution >= 0.6 is 8.69 Å². The van der Waals surface area contributed by atoms with Crippen molar-refractivity contribution in [2.45, 2.75) is 13.3 Å². The zero-order chi connectivity index (χ0) is 5.70. The quantitative estimate of drug-likeness (QED) is 0.509. The van der Waals surface area contributed by atoms with Crippen molar-refractivity contribution in [3.63, 3.8) is 0 Å². The van der Waals surface area contributed by atoms with Gasteiger partial charge in [0.15, 0.2) is 0 Å². The first kappa shape index (κ1) is 6.57. The van der Waals surface area contributed by atoms with Gasteiger partial charge in [0.25, 0.3) is 0 Å². The van der Waals surface area contributed by atoms with Crippen LogP contribution in [0.3, 0.4) is 0 Å². The van der Waals surface area contributed by atoms with E-state index in [1.807, 2.05) is 0 Å². The Morgan fingerprint density at radius 1 is 1.86 bits per heavy atom. The molecule has 0 rings (SSSR count). The molecule has 3 nitrogen and oxygen atoms in total. The Morgan fingerprint density at radius 3 is 2.57 bits per heavy atom. The molecule has 0 saturated heterocycles. The molecule has 0 aromatic heterocycles. The largest absolute Gasteiger partial charge is 0.545 e. The van der Waals surface area contributed by atoms with Crippen molar-refractivity contribution in [2.24, 2.45) is 0 Å². The lowest BCUT2D eigenvalue weighted by Gasteiger charge is -1.75. The summed E-state index contributed by atoms with van der Waals surface area (Å²) in [5.41, 5.74) is 0. The molecule has 1 atom stereocenters. The first-order valence-corrected chi connectivity index (χ1v) is 2.69. The highest BCUT2D eigenvalue weighted by molar-refractivity contribution is 7.18. The van der Waals surface area contributed by atoms with Crippen molar-refractivity contribution in [1.82, 2.24) is 0 Å². The molecule has 0 saturated carbocycles. The second-order valence-corrected chi connectivity index (χ2v) is 1.28. The third-order valence-corrected chi connectivity index (χ3v) is 0.755. The molecule has 0 amide bonds. The van der Waals surface area contributed by atoms with Gasteiger partial charge in [-0.25, -0.2) is 9.32 Å². The second kappa shape index (κ2) is 3.75. The lowest BCUT2D eigenvalue weighted by Crippen LogP contribution is -1.90. The van der Waals surface area contributed by atoms with Crippen molar-refractivity contribution >= 4 is 14.7 Å². The lowest BCUT2D eigenvalue weighted by molar-refractivity contribution is -0.133. The van der Waals surface area contributed by atoms with Crippen LogP contribution in [0.1, 0.15) is 13.3 Å². The summed E-state index contributed by atoms with van der Waals surface area (Å²) in [6.07, 6.45) is 0.287. The summed E-state index contributed by atoms with van der Waals surface area (Å²) in [7, 11) is -0.955. The SMILES string of the molecule is CCC(=O)O[PH+]=O. The number of carbonyl (C=O) groups is 1. The van der Waals surface area contributed by atoms with Gasteiger partial charge in [0.05, 0.1) is 0 Å². The molecule has 0 aliphatic carbocycles. The minimum atomic E-state index is -0.955. The normalized spacial score (nSPS) is 8.71. The van der Waals surface area contributed by atoms with Crippen LogP contribution in [-0.2, 0) is 13.9 Å². The lowest BCUT2D eigenvalue weighted by atomic mass is 10.5. The molecule has 4 heteroatoms. The zero-order valence-electron chi connectivity index (χ0n) is 3.93. The summed E-state index contributed by atoms with van der Waals surface area (Å²) >= 11 is 0. The Labute approximate surface area is 43.0 Å². The van der Waals surface area contributed by atoms with Crippen LogP contribution in [0, 0.1) is 0 Å². The average Bonchev–Trinajstić information content (AvgIpc) is 1.68. The van der Waals surface area contributed by atoms with Gasteiger partial charge in [0.2, 0.25) is 0 Å². The molecule has 0 N–H and O–H groups in total. The predicted octanol–water partition coefficient (Wildman–Crippen LogP) is 0.879. The third kappa shape index (κ3) is 3.40. The fourth-order valence-electron chi connectivity index (χ4n) is 0.119. The molecule has 7 heavy (non-hydrogen) atoms. The van der Waals surface area contributed by atoms with Crippen LogP contribution in [0.2, 0.25) is 0 Å². The molecule has 0 aromatic rings. The van der Waals surface area contributed by atoms with Crippen molar-refractivity contribution in [1.29, 1.82) is 0 Å². The second-order valence-electron chi connectivity index (χ2n) is 0.911. The fourth-order valence-corrected chi connectivity index (χ4v) is 0.356. The summed E-state index contributed by atoms with van der Waals surface area (Å²) < 4.78 is 13.5. The molecular formula is C3H6O3P+. The highest BCUT2D eigenvalue weighted by Crippen LogP contribution is 1.95. The zero-order valence-corrected chi connectivity index (χ0v) is 4.93. The van der Waals surface area contributed by atoms with Gasteiger partial charge in [0, 0.05) is 6.42 Å². The smallest absolute Gasteiger partial charge is 0.247 e. The van der Waals surface area contributed by atoms with Crippen LogP contribution in [0.4, 0.5) is 0 Å². The Bertz CT molecular complexity index is 80.2. The van der Waals surface area contributed by atoms with Gasteiger partial charge in [-0.05, 0) is 4.57 Å². The van der Waals surface area contributed by atoms with Crippen LogP contribution < -0.4 is 0 Å². The standard InChI is InChI=1S/C3H6O3P/c1-2-3(4)6-7-5/h7H,2H2,1H3/q+1. The third-order valence-electron chi connectivity index (χ3n) is 0.444. The van der Waals surface area contributed by atoms with Crippen LogP contribution in [0.15, 0.2) is 0 Å². The van der Waals surface area contributed by atoms with E-state index >= 15 is 0 Å². The van der Waals surface area contributed by atoms with Crippen LogP contribution in [0.5, 0.6) is 0 Å². The molecule has 0 aliphatic rings. The minimum absolute atomic E-state index is 0.287. The van der Waals surface area contributed by atoms with E-state index in [-0.39, 0.29) is 6.42 Å². The summed E-state index contributed by atoms with van der Waals surface area (Å²) in [5, 5.41) is 0. The van der Waals surface area contributed by atoms with Crippen LogP contribution in [-0.4, -0.2) is 5.97 Å². The highest BCUT2D eigenvalue weighted by atomic mass is 31.1. The van der Waals surface area contributed by atoms with E-state index in [4.69, 9.17) is 0 Å². The van der Waals surface area contributed by atoms with Crippen LogP contribution in [0.25, 0.3) is 0 Å². The number of hydrogen-bond donors (Lipinski definition) is 0. The van der Waals surface area contributed by atoms with Gasteiger partial charge >= 0.3 is 14.7 Å². The van der Waals surface area contributed by atoms with Gasteiger partial charge in [0.1, 0.15) is 0 Å². The number of carbonyl (C=O) groups excluding carboxylic acids is 1. The maximum atomic E-state index is 10.00. The molecular weight excluding hydrogens is 115 g/mol. The monoisotopic (exact) mass is 121 g/mol. The van der Waals surface area contributed by atoms with Crippen molar-refractivity contribution in [2.75, 3.05) is 0 Å². The molecule has 0 aromatic carbocycles. The van der Waals surface area contributed by atoms with E-state index in [1.165, 1.54) is 0 Å². The average molecular weight is 121 g/mol. The Morgan fingerprint density at radius 2 is 2.43 bits per heavy atom. The molecule has 0 bridgehead atoms. The first-order valence-electron chi connectivity index (χ1n) is 1.88. The van der Waals surface area contributed by atoms with E-state index in [0.29, 0.717) is 0 Å². The summed E-state index contributed by atoms with van der Waals surface area (Å²) in [4.78, 5) is 10.00. The molecule has 40 valence electrons. The number of hydrogen-bond acceptors (Lipinski definition) is 3. The van der Waals surface area contributed by atoms with E-state index in [0.717, 1.165) is 0 Å². The van der Waals surface area contributed by atoms with E-state index in [1.54, 1.807) is 6.92 Å². The summed E-state index contributed by atoms with van der Waals surface area (Å²) in [6, 6.07) is 0. The minimum Gasteiger partial charge on any atom is -0.247 e. The van der Waals surface area contributed by atoms with Crippen molar-refractivity contribution < 1.29 is 13.9 Å². The van der Waals surface area contributed by atoms with Gasteiger partial charge in [-0.15, -0.1) is 0 Å². The number of rotatable bonds is 2. The Balaban J connectivity index is 3.17. The summed E-state index contributed by atoms with van der Waals surface area (Å²) in [6.45, 7) is 1.64. The predicted molar refractivity (Wildman–Crippen MR) is 25.4 cm³/mol. The van der Waals surface area contributed by atoms with Crippen molar-refractivity contribution in [3.05, 3.63) is 0 Å². The molecule has 0 radical (unpaired) electrons.